The highest BCUT2D eigenvalue weighted by Crippen LogP contribution is 2.36. The van der Waals surface area contributed by atoms with E-state index in [1.54, 1.807) is 0 Å². The number of fused-ring (bicyclic) bond motifs is 1. The van der Waals surface area contributed by atoms with Gasteiger partial charge in [0.25, 0.3) is 11.8 Å². The van der Waals surface area contributed by atoms with E-state index in [-0.39, 0.29) is 29.9 Å². The molecule has 3 aliphatic rings. The lowest BCUT2D eigenvalue weighted by Gasteiger charge is -2.28. The van der Waals surface area contributed by atoms with Crippen molar-refractivity contribution < 1.29 is 19.1 Å². The van der Waals surface area contributed by atoms with Gasteiger partial charge in [0, 0.05) is 13.1 Å². The van der Waals surface area contributed by atoms with Gasteiger partial charge in [0.05, 0.1) is 23.6 Å². The number of nitrogens with zero attached hydrogens (tertiary/aromatic N) is 2. The molecule has 152 valence electrons. The quantitative estimate of drug-likeness (QED) is 0.784. The van der Waals surface area contributed by atoms with E-state index in [0.29, 0.717) is 13.1 Å². The van der Waals surface area contributed by atoms with Crippen LogP contribution >= 0.6 is 0 Å². The Kier molecular flexibility index (Phi) is 5.43. The molecule has 4 atom stereocenters. The third-order valence-corrected chi connectivity index (χ3v) is 6.00. The topological polar surface area (TPSA) is 59.1 Å². The van der Waals surface area contributed by atoms with Crippen LogP contribution < -0.4 is 9.80 Å². The van der Waals surface area contributed by atoms with E-state index in [0.717, 1.165) is 37.1 Å². The molecule has 0 spiro atoms. The maximum absolute atomic E-state index is 13.3. The second-order valence-electron chi connectivity index (χ2n) is 8.52. The van der Waals surface area contributed by atoms with Gasteiger partial charge in [-0.3, -0.25) is 9.59 Å². The van der Waals surface area contributed by atoms with Gasteiger partial charge in [-0.2, -0.15) is 0 Å². The van der Waals surface area contributed by atoms with Crippen molar-refractivity contribution in [1.29, 1.82) is 0 Å². The molecule has 0 bridgehead atoms. The second kappa shape index (κ2) is 7.84. The molecule has 3 aliphatic heterocycles. The van der Waals surface area contributed by atoms with Crippen LogP contribution in [0.25, 0.3) is 0 Å². The third kappa shape index (κ3) is 3.67. The van der Waals surface area contributed by atoms with E-state index in [4.69, 9.17) is 9.47 Å². The molecule has 0 unspecified atom stereocenters. The lowest BCUT2D eigenvalue weighted by molar-refractivity contribution is -0.129. The minimum absolute atomic E-state index is 0.00341. The minimum atomic E-state index is -0.392. The van der Waals surface area contributed by atoms with Crippen LogP contribution in [0.1, 0.15) is 46.5 Å². The fraction of sp³-hybridized carbons (Fsp3) is 0.636. The number of hydrogen-bond donors (Lipinski definition) is 0. The first kappa shape index (κ1) is 19.4. The van der Waals surface area contributed by atoms with Crippen molar-refractivity contribution in [2.45, 2.75) is 70.9 Å². The molecule has 1 aromatic carbocycles. The molecular weight excluding hydrogens is 356 g/mol. The SMILES string of the molecule is CC1CN(C(=O)[C@@H]2CC[C@H](C)O2)c2ccccc2N(C(=O)[C@@H]2CC[C@H](C)O2)C1. The molecule has 0 aliphatic carbocycles. The maximum Gasteiger partial charge on any atom is 0.256 e. The third-order valence-electron chi connectivity index (χ3n) is 6.00. The van der Waals surface area contributed by atoms with Gasteiger partial charge in [-0.15, -0.1) is 0 Å². The first-order valence-electron chi connectivity index (χ1n) is 10.5. The Bertz CT molecular complexity index is 691. The lowest BCUT2D eigenvalue weighted by Crippen LogP contribution is -2.42. The van der Waals surface area contributed by atoms with Crippen LogP contribution in [-0.2, 0) is 19.1 Å². The van der Waals surface area contributed by atoms with Gasteiger partial charge < -0.3 is 19.3 Å². The molecular formula is C22H30N2O4. The average Bonchev–Trinajstić information content (AvgIpc) is 3.28. The number of carbonyl (C=O) groups is 2. The predicted molar refractivity (Wildman–Crippen MR) is 107 cm³/mol. The largest absolute Gasteiger partial charge is 0.365 e. The highest BCUT2D eigenvalue weighted by molar-refractivity contribution is 6.05. The number of para-hydroxylation sites is 2. The van der Waals surface area contributed by atoms with E-state index >= 15 is 0 Å². The molecule has 3 heterocycles. The molecule has 6 nitrogen and oxygen atoms in total. The number of anilines is 2. The predicted octanol–water partition coefficient (Wildman–Crippen LogP) is 3.14. The van der Waals surface area contributed by atoms with Crippen molar-refractivity contribution in [2.24, 2.45) is 5.92 Å². The van der Waals surface area contributed by atoms with Crippen LogP contribution in [0.3, 0.4) is 0 Å². The molecule has 28 heavy (non-hydrogen) atoms. The fourth-order valence-corrected chi connectivity index (χ4v) is 4.53. The molecule has 2 fully saturated rings. The summed E-state index contributed by atoms with van der Waals surface area (Å²) in [6, 6.07) is 7.71. The second-order valence-corrected chi connectivity index (χ2v) is 8.52. The summed E-state index contributed by atoms with van der Waals surface area (Å²) in [4.78, 5) is 30.2. The van der Waals surface area contributed by atoms with Gasteiger partial charge in [0.1, 0.15) is 12.2 Å². The van der Waals surface area contributed by atoms with Gasteiger partial charge >= 0.3 is 0 Å². The lowest BCUT2D eigenvalue weighted by atomic mass is 10.1. The molecule has 0 aromatic heterocycles. The van der Waals surface area contributed by atoms with Crippen LogP contribution in [0, 0.1) is 5.92 Å². The highest BCUT2D eigenvalue weighted by Gasteiger charge is 2.39. The molecule has 4 rings (SSSR count). The number of rotatable bonds is 2. The zero-order valence-corrected chi connectivity index (χ0v) is 17.0. The fourth-order valence-electron chi connectivity index (χ4n) is 4.53. The zero-order chi connectivity index (χ0) is 19.8. The maximum atomic E-state index is 13.3. The van der Waals surface area contributed by atoms with Gasteiger partial charge in [0.15, 0.2) is 0 Å². The Morgan fingerprint density at radius 3 is 1.57 bits per heavy atom. The summed E-state index contributed by atoms with van der Waals surface area (Å²) in [5.74, 6) is 0.158. The number of ether oxygens (including phenoxy) is 2. The molecule has 6 heteroatoms. The van der Waals surface area contributed by atoms with Gasteiger partial charge in [-0.1, -0.05) is 19.1 Å². The number of amides is 2. The summed E-state index contributed by atoms with van der Waals surface area (Å²) in [7, 11) is 0. The van der Waals surface area contributed by atoms with Crippen molar-refractivity contribution in [3.8, 4) is 0 Å². The summed E-state index contributed by atoms with van der Waals surface area (Å²) in [6.45, 7) is 7.26. The molecule has 0 N–H and O–H groups in total. The smallest absolute Gasteiger partial charge is 0.256 e. The van der Waals surface area contributed by atoms with Gasteiger partial charge in [-0.25, -0.2) is 0 Å². The zero-order valence-electron chi connectivity index (χ0n) is 17.0. The summed E-state index contributed by atoms with van der Waals surface area (Å²) in [5.41, 5.74) is 1.58. The first-order valence-corrected chi connectivity index (χ1v) is 10.5. The normalized spacial score (nSPS) is 31.0. The summed E-state index contributed by atoms with van der Waals surface area (Å²) in [5, 5.41) is 0. The summed E-state index contributed by atoms with van der Waals surface area (Å²) < 4.78 is 11.7. The summed E-state index contributed by atoms with van der Waals surface area (Å²) >= 11 is 0. The van der Waals surface area contributed by atoms with Crippen molar-refractivity contribution in [2.75, 3.05) is 22.9 Å². The van der Waals surface area contributed by atoms with E-state index < -0.39 is 12.2 Å². The molecule has 1 aromatic rings. The Balaban J connectivity index is 1.65. The number of hydrogen-bond acceptors (Lipinski definition) is 4. The van der Waals surface area contributed by atoms with Crippen molar-refractivity contribution >= 4 is 23.2 Å². The first-order chi connectivity index (χ1) is 13.4. The van der Waals surface area contributed by atoms with Gasteiger partial charge in [0.2, 0.25) is 0 Å². The molecule has 2 saturated heterocycles. The van der Waals surface area contributed by atoms with Crippen LogP contribution in [0.5, 0.6) is 0 Å². The van der Waals surface area contributed by atoms with E-state index in [1.165, 1.54) is 0 Å². The van der Waals surface area contributed by atoms with Crippen LogP contribution in [0.2, 0.25) is 0 Å². The molecule has 2 amide bonds. The Labute approximate surface area is 166 Å². The summed E-state index contributed by atoms with van der Waals surface area (Å²) in [6.07, 6.45) is 2.77. The Morgan fingerprint density at radius 1 is 0.786 bits per heavy atom. The van der Waals surface area contributed by atoms with Crippen molar-refractivity contribution in [1.82, 2.24) is 0 Å². The standard InChI is InChI=1S/C22H30N2O4/c1-14-12-23(21(25)19-10-8-15(2)27-19)17-6-4-5-7-18(17)24(13-14)22(26)20-11-9-16(3)28-20/h4-7,14-16,19-20H,8-13H2,1-3H3/t15-,16-,19-,20-/m0/s1. The van der Waals surface area contributed by atoms with E-state index in [1.807, 2.05) is 47.9 Å². The van der Waals surface area contributed by atoms with Crippen LogP contribution in [-0.4, -0.2) is 49.3 Å². The van der Waals surface area contributed by atoms with Gasteiger partial charge in [-0.05, 0) is 57.6 Å². The average molecular weight is 386 g/mol. The Morgan fingerprint density at radius 2 is 1.21 bits per heavy atom. The van der Waals surface area contributed by atoms with Crippen molar-refractivity contribution in [3.05, 3.63) is 24.3 Å². The van der Waals surface area contributed by atoms with E-state index in [9.17, 15) is 9.59 Å². The Hall–Kier alpha value is -1.92. The number of benzene rings is 1. The number of carbonyl (C=O) groups excluding carboxylic acids is 2. The highest BCUT2D eigenvalue weighted by atomic mass is 16.5. The molecule has 0 radical (unpaired) electrons. The minimum Gasteiger partial charge on any atom is -0.365 e. The monoisotopic (exact) mass is 386 g/mol. The van der Waals surface area contributed by atoms with Crippen molar-refractivity contribution in [3.63, 3.8) is 0 Å². The van der Waals surface area contributed by atoms with Crippen LogP contribution in [0.4, 0.5) is 11.4 Å². The molecule has 0 saturated carbocycles. The van der Waals surface area contributed by atoms with E-state index in [2.05, 4.69) is 6.92 Å². The van der Waals surface area contributed by atoms with Crippen LogP contribution in [0.15, 0.2) is 24.3 Å².